The van der Waals surface area contributed by atoms with Gasteiger partial charge in [-0.15, -0.1) is 0 Å². The maximum Gasteiger partial charge on any atom is 0.262 e. The molecule has 0 radical (unpaired) electrons. The van der Waals surface area contributed by atoms with Crippen LogP contribution in [0.2, 0.25) is 0 Å². The van der Waals surface area contributed by atoms with Gasteiger partial charge in [-0.25, -0.2) is 0 Å². The lowest BCUT2D eigenvalue weighted by molar-refractivity contribution is 0.0993. The number of hydrogen-bond donors (Lipinski definition) is 0. The van der Waals surface area contributed by atoms with Crippen LogP contribution < -0.4 is 9.64 Å². The van der Waals surface area contributed by atoms with Crippen molar-refractivity contribution in [1.82, 2.24) is 0 Å². The molecule has 3 nitrogen and oxygen atoms in total. The number of fused-ring (bicyclic) bond motifs is 1. The number of carbonyl (C=O) groups excluding carboxylic acids is 1. The van der Waals surface area contributed by atoms with Crippen LogP contribution in [0.3, 0.4) is 0 Å². The van der Waals surface area contributed by atoms with Crippen LogP contribution in [0.1, 0.15) is 48.2 Å². The predicted octanol–water partition coefficient (Wildman–Crippen LogP) is 4.37. The van der Waals surface area contributed by atoms with Gasteiger partial charge in [-0.3, -0.25) is 4.79 Å². The van der Waals surface area contributed by atoms with E-state index in [0.717, 1.165) is 11.3 Å². The summed E-state index contributed by atoms with van der Waals surface area (Å²) in [5.41, 5.74) is 3.96. The standard InChI is InChI=1S/C19H21NO2/c1-4-22-17-7-5-6-15-12-20(19(21)18(15)17)16-10-8-14(9-11-16)13(2)3/h5-11,13H,4,12H2,1-3H3. The molecule has 0 saturated heterocycles. The van der Waals surface area contributed by atoms with Crippen LogP contribution in [-0.4, -0.2) is 12.5 Å². The number of hydrogen-bond acceptors (Lipinski definition) is 2. The summed E-state index contributed by atoms with van der Waals surface area (Å²) in [5.74, 6) is 1.20. The van der Waals surface area contributed by atoms with Gasteiger partial charge in [0.05, 0.1) is 18.7 Å². The zero-order valence-electron chi connectivity index (χ0n) is 13.3. The Hall–Kier alpha value is -2.29. The van der Waals surface area contributed by atoms with Gasteiger partial charge in [-0.05, 0) is 42.2 Å². The minimum absolute atomic E-state index is 0.0244. The maximum absolute atomic E-state index is 12.8. The highest BCUT2D eigenvalue weighted by Crippen LogP contribution is 2.34. The number of benzene rings is 2. The summed E-state index contributed by atoms with van der Waals surface area (Å²) < 4.78 is 5.61. The number of carbonyl (C=O) groups is 1. The summed E-state index contributed by atoms with van der Waals surface area (Å²) in [4.78, 5) is 14.6. The first kappa shape index (κ1) is 14.6. The predicted molar refractivity (Wildman–Crippen MR) is 88.7 cm³/mol. The van der Waals surface area contributed by atoms with Crippen LogP contribution in [0.5, 0.6) is 5.75 Å². The van der Waals surface area contributed by atoms with Gasteiger partial charge in [0.25, 0.3) is 5.91 Å². The Kier molecular flexibility index (Phi) is 3.88. The Labute approximate surface area is 131 Å². The van der Waals surface area contributed by atoms with E-state index in [1.807, 2.05) is 42.2 Å². The third-order valence-electron chi connectivity index (χ3n) is 4.07. The van der Waals surface area contributed by atoms with Crippen molar-refractivity contribution in [3.8, 4) is 5.75 Å². The highest BCUT2D eigenvalue weighted by molar-refractivity contribution is 6.11. The van der Waals surface area contributed by atoms with Crippen molar-refractivity contribution in [2.45, 2.75) is 33.2 Å². The van der Waals surface area contributed by atoms with E-state index in [4.69, 9.17) is 4.74 Å². The minimum atomic E-state index is 0.0244. The Morgan fingerprint density at radius 3 is 2.50 bits per heavy atom. The quantitative estimate of drug-likeness (QED) is 0.838. The molecule has 1 heterocycles. The molecular weight excluding hydrogens is 274 g/mol. The number of anilines is 1. The summed E-state index contributed by atoms with van der Waals surface area (Å²) in [6.45, 7) is 7.44. The topological polar surface area (TPSA) is 29.5 Å². The van der Waals surface area contributed by atoms with Crippen molar-refractivity contribution in [2.24, 2.45) is 0 Å². The van der Waals surface area contributed by atoms with E-state index < -0.39 is 0 Å². The lowest BCUT2D eigenvalue weighted by Gasteiger charge is -2.17. The smallest absolute Gasteiger partial charge is 0.262 e. The number of amides is 1. The maximum atomic E-state index is 12.8. The lowest BCUT2D eigenvalue weighted by atomic mass is 10.0. The molecule has 2 aromatic rings. The molecule has 22 heavy (non-hydrogen) atoms. The molecule has 3 rings (SSSR count). The van der Waals surface area contributed by atoms with Gasteiger partial charge in [0.1, 0.15) is 5.75 Å². The van der Waals surface area contributed by atoms with Crippen molar-refractivity contribution in [3.05, 3.63) is 59.2 Å². The van der Waals surface area contributed by atoms with Crippen LogP contribution in [-0.2, 0) is 6.54 Å². The zero-order chi connectivity index (χ0) is 15.7. The molecule has 1 aliphatic rings. The average molecular weight is 295 g/mol. The van der Waals surface area contributed by atoms with E-state index in [2.05, 4.69) is 26.0 Å². The fourth-order valence-electron chi connectivity index (χ4n) is 2.85. The van der Waals surface area contributed by atoms with Gasteiger partial charge in [0, 0.05) is 5.69 Å². The molecular formula is C19H21NO2. The van der Waals surface area contributed by atoms with Crippen LogP contribution >= 0.6 is 0 Å². The Morgan fingerprint density at radius 2 is 1.86 bits per heavy atom. The molecule has 0 aromatic heterocycles. The first-order chi connectivity index (χ1) is 10.6. The van der Waals surface area contributed by atoms with Crippen molar-refractivity contribution in [1.29, 1.82) is 0 Å². The molecule has 0 saturated carbocycles. The molecule has 1 amide bonds. The van der Waals surface area contributed by atoms with Gasteiger partial charge in [-0.1, -0.05) is 38.1 Å². The van der Waals surface area contributed by atoms with Crippen molar-refractivity contribution in [3.63, 3.8) is 0 Å². The highest BCUT2D eigenvalue weighted by atomic mass is 16.5. The summed E-state index contributed by atoms with van der Waals surface area (Å²) in [6.07, 6.45) is 0. The van der Waals surface area contributed by atoms with Crippen molar-refractivity contribution in [2.75, 3.05) is 11.5 Å². The van der Waals surface area contributed by atoms with E-state index in [-0.39, 0.29) is 5.91 Å². The second kappa shape index (κ2) is 5.84. The molecule has 0 spiro atoms. The van der Waals surface area contributed by atoms with Gasteiger partial charge in [0.15, 0.2) is 0 Å². The van der Waals surface area contributed by atoms with E-state index in [9.17, 15) is 4.79 Å². The minimum Gasteiger partial charge on any atom is -0.493 e. The molecule has 0 aliphatic carbocycles. The van der Waals surface area contributed by atoms with Crippen LogP contribution in [0, 0.1) is 0 Å². The Morgan fingerprint density at radius 1 is 1.14 bits per heavy atom. The highest BCUT2D eigenvalue weighted by Gasteiger charge is 2.31. The molecule has 1 aliphatic heterocycles. The summed E-state index contributed by atoms with van der Waals surface area (Å²) >= 11 is 0. The first-order valence-electron chi connectivity index (χ1n) is 7.78. The molecule has 3 heteroatoms. The van der Waals surface area contributed by atoms with E-state index in [0.29, 0.717) is 30.4 Å². The monoisotopic (exact) mass is 295 g/mol. The third-order valence-corrected chi connectivity index (χ3v) is 4.07. The van der Waals surface area contributed by atoms with E-state index in [1.165, 1.54) is 5.56 Å². The Balaban J connectivity index is 1.92. The lowest BCUT2D eigenvalue weighted by Crippen LogP contribution is -2.23. The normalized spacial score (nSPS) is 13.6. The fourth-order valence-corrected chi connectivity index (χ4v) is 2.85. The van der Waals surface area contributed by atoms with Crippen LogP contribution in [0.15, 0.2) is 42.5 Å². The van der Waals surface area contributed by atoms with E-state index in [1.54, 1.807) is 0 Å². The van der Waals surface area contributed by atoms with E-state index >= 15 is 0 Å². The number of nitrogens with zero attached hydrogens (tertiary/aromatic N) is 1. The SMILES string of the molecule is CCOc1cccc2c1C(=O)N(c1ccc(C(C)C)cc1)C2. The molecule has 0 atom stereocenters. The number of rotatable bonds is 4. The van der Waals surface area contributed by atoms with Gasteiger partial charge < -0.3 is 9.64 Å². The molecule has 0 unspecified atom stereocenters. The summed E-state index contributed by atoms with van der Waals surface area (Å²) in [7, 11) is 0. The van der Waals surface area contributed by atoms with Gasteiger partial charge in [-0.2, -0.15) is 0 Å². The second-order valence-electron chi connectivity index (χ2n) is 5.86. The zero-order valence-corrected chi connectivity index (χ0v) is 13.3. The van der Waals surface area contributed by atoms with Crippen molar-refractivity contribution < 1.29 is 9.53 Å². The molecule has 0 N–H and O–H groups in total. The number of ether oxygens (including phenoxy) is 1. The van der Waals surface area contributed by atoms with Gasteiger partial charge in [0.2, 0.25) is 0 Å². The summed E-state index contributed by atoms with van der Waals surface area (Å²) in [6, 6.07) is 14.1. The average Bonchev–Trinajstić information content (AvgIpc) is 2.86. The van der Waals surface area contributed by atoms with Crippen LogP contribution in [0.4, 0.5) is 5.69 Å². The van der Waals surface area contributed by atoms with Gasteiger partial charge >= 0.3 is 0 Å². The molecule has 2 aromatic carbocycles. The Bertz CT molecular complexity index is 689. The molecule has 0 bridgehead atoms. The largest absolute Gasteiger partial charge is 0.493 e. The molecule has 114 valence electrons. The first-order valence-corrected chi connectivity index (χ1v) is 7.78. The summed E-state index contributed by atoms with van der Waals surface area (Å²) in [5, 5.41) is 0. The second-order valence-corrected chi connectivity index (χ2v) is 5.86. The fraction of sp³-hybridized carbons (Fsp3) is 0.316. The van der Waals surface area contributed by atoms with Crippen molar-refractivity contribution >= 4 is 11.6 Å². The third kappa shape index (κ3) is 2.47. The van der Waals surface area contributed by atoms with Crippen LogP contribution in [0.25, 0.3) is 0 Å². The molecule has 0 fully saturated rings.